The molecule has 0 radical (unpaired) electrons. The highest BCUT2D eigenvalue weighted by Gasteiger charge is 2.46. The number of benzene rings is 2. The third-order valence-corrected chi connectivity index (χ3v) is 6.90. The first-order chi connectivity index (χ1) is 16.8. The lowest BCUT2D eigenvalue weighted by Crippen LogP contribution is -2.32. The summed E-state index contributed by atoms with van der Waals surface area (Å²) in [6, 6.07) is 18.3. The number of hydrogen-bond donors (Lipinski definition) is 1. The van der Waals surface area contributed by atoms with Crippen molar-refractivity contribution in [3.8, 4) is 5.75 Å². The molecule has 1 aromatic heterocycles. The van der Waals surface area contributed by atoms with E-state index in [2.05, 4.69) is 6.07 Å². The average molecular weight is 491 g/mol. The number of nitrogens with zero attached hydrogens (tertiary/aromatic N) is 2. The molecule has 1 unspecified atom stereocenters. The Morgan fingerprint density at radius 1 is 1.09 bits per heavy atom. The van der Waals surface area contributed by atoms with E-state index < -0.39 is 17.7 Å². The molecule has 3 aromatic rings. The Balaban J connectivity index is 1.58. The molecule has 6 nitrogen and oxygen atoms in total. The van der Waals surface area contributed by atoms with Crippen LogP contribution in [0.1, 0.15) is 34.0 Å². The van der Waals surface area contributed by atoms with Gasteiger partial charge >= 0.3 is 0 Å². The van der Waals surface area contributed by atoms with Gasteiger partial charge in [-0.05, 0) is 75.3 Å². The third kappa shape index (κ3) is 5.63. The van der Waals surface area contributed by atoms with Crippen LogP contribution < -0.4 is 4.74 Å². The molecule has 1 amide bonds. The Kier molecular flexibility index (Phi) is 7.68. The monoisotopic (exact) mass is 490 g/mol. The van der Waals surface area contributed by atoms with Crippen molar-refractivity contribution in [3.05, 3.63) is 93.2 Å². The van der Waals surface area contributed by atoms with E-state index in [9.17, 15) is 14.7 Å². The van der Waals surface area contributed by atoms with Gasteiger partial charge in [-0.2, -0.15) is 0 Å². The average Bonchev–Trinajstić information content (AvgIpc) is 3.45. The van der Waals surface area contributed by atoms with Gasteiger partial charge in [0.25, 0.3) is 11.7 Å². The summed E-state index contributed by atoms with van der Waals surface area (Å²) in [4.78, 5) is 30.5. The molecule has 1 atom stereocenters. The van der Waals surface area contributed by atoms with Gasteiger partial charge in [0.05, 0.1) is 11.6 Å². The largest absolute Gasteiger partial charge is 0.507 e. The maximum atomic E-state index is 13.0. The highest BCUT2D eigenvalue weighted by atomic mass is 32.1. The molecule has 0 spiro atoms. The van der Waals surface area contributed by atoms with Gasteiger partial charge in [0, 0.05) is 17.0 Å². The van der Waals surface area contributed by atoms with Crippen molar-refractivity contribution in [2.24, 2.45) is 0 Å². The van der Waals surface area contributed by atoms with Gasteiger partial charge in [0.2, 0.25) is 0 Å². The van der Waals surface area contributed by atoms with Crippen LogP contribution in [0.15, 0.2) is 71.6 Å². The van der Waals surface area contributed by atoms with E-state index in [1.807, 2.05) is 61.6 Å². The number of rotatable bonds is 9. The number of thiophene rings is 1. The van der Waals surface area contributed by atoms with Crippen molar-refractivity contribution < 1.29 is 19.4 Å². The van der Waals surface area contributed by atoms with E-state index in [0.29, 0.717) is 24.5 Å². The fraction of sp³-hybridized carbons (Fsp3) is 0.286. The Bertz CT molecular complexity index is 1220. The molecule has 0 bridgehead atoms. The number of ether oxygens (including phenoxy) is 1. The lowest BCUT2D eigenvalue weighted by Gasteiger charge is -2.24. The third-order valence-electron chi connectivity index (χ3n) is 5.97. The maximum Gasteiger partial charge on any atom is 0.295 e. The quantitative estimate of drug-likeness (QED) is 0.259. The Morgan fingerprint density at radius 2 is 1.86 bits per heavy atom. The zero-order chi connectivity index (χ0) is 24.9. The van der Waals surface area contributed by atoms with E-state index in [1.165, 1.54) is 16.9 Å². The SMILES string of the molecule is Cc1cccc(COc2ccc(/C(O)=C3/C(=O)C(=O)N(CCCN(C)C)C3c3cccs3)cc2)c1. The Hall–Kier alpha value is -3.42. The van der Waals surface area contributed by atoms with E-state index in [1.54, 1.807) is 29.2 Å². The van der Waals surface area contributed by atoms with E-state index in [4.69, 9.17) is 4.74 Å². The van der Waals surface area contributed by atoms with Crippen LogP contribution in [-0.2, 0) is 16.2 Å². The van der Waals surface area contributed by atoms with Crippen LogP contribution in [-0.4, -0.2) is 53.8 Å². The van der Waals surface area contributed by atoms with Crippen molar-refractivity contribution in [2.75, 3.05) is 27.2 Å². The van der Waals surface area contributed by atoms with Crippen LogP contribution in [0.2, 0.25) is 0 Å². The van der Waals surface area contributed by atoms with Gasteiger partial charge in [0.15, 0.2) is 0 Å². The van der Waals surface area contributed by atoms with Crippen LogP contribution in [0.5, 0.6) is 5.75 Å². The van der Waals surface area contributed by atoms with Gasteiger partial charge in [0.1, 0.15) is 18.1 Å². The number of ketones is 1. The molecule has 2 heterocycles. The number of carbonyl (C=O) groups is 2. The molecule has 0 aliphatic carbocycles. The number of likely N-dealkylation sites (tertiary alicyclic amines) is 1. The second-order valence-electron chi connectivity index (χ2n) is 8.97. The predicted molar refractivity (Wildman–Crippen MR) is 138 cm³/mol. The number of aliphatic hydroxyl groups is 1. The molecule has 1 N–H and O–H groups in total. The second kappa shape index (κ2) is 10.9. The minimum Gasteiger partial charge on any atom is -0.507 e. The molecular weight excluding hydrogens is 460 g/mol. The summed E-state index contributed by atoms with van der Waals surface area (Å²) in [5.74, 6) is -0.726. The number of carbonyl (C=O) groups excluding carboxylic acids is 2. The minimum absolute atomic E-state index is 0.135. The standard InChI is InChI=1S/C28H30N2O4S/c1-19-7-4-8-20(17-19)18-34-22-12-10-21(11-13-22)26(31)24-25(23-9-5-16-35-23)30(28(33)27(24)32)15-6-14-29(2)3/h4-5,7-13,16-17,25,31H,6,14-15,18H2,1-3H3/b26-24-. The van der Waals surface area contributed by atoms with E-state index in [0.717, 1.165) is 23.4 Å². The van der Waals surface area contributed by atoms with Gasteiger partial charge in [-0.15, -0.1) is 11.3 Å². The summed E-state index contributed by atoms with van der Waals surface area (Å²) in [5, 5.41) is 13.1. The van der Waals surface area contributed by atoms with Crippen molar-refractivity contribution in [2.45, 2.75) is 26.0 Å². The zero-order valence-corrected chi connectivity index (χ0v) is 21.0. The maximum absolute atomic E-state index is 13.0. The van der Waals surface area contributed by atoms with Gasteiger partial charge in [-0.1, -0.05) is 35.9 Å². The fourth-order valence-electron chi connectivity index (χ4n) is 4.24. The molecule has 1 fully saturated rings. The smallest absolute Gasteiger partial charge is 0.295 e. The highest BCUT2D eigenvalue weighted by Crippen LogP contribution is 2.41. The number of hydrogen-bond acceptors (Lipinski definition) is 6. The first-order valence-corrected chi connectivity index (χ1v) is 12.5. The van der Waals surface area contributed by atoms with Crippen LogP contribution >= 0.6 is 11.3 Å². The van der Waals surface area contributed by atoms with Crippen molar-refractivity contribution >= 4 is 28.8 Å². The summed E-state index contributed by atoms with van der Waals surface area (Å²) < 4.78 is 5.88. The number of aryl methyl sites for hydroxylation is 1. The lowest BCUT2D eigenvalue weighted by molar-refractivity contribution is -0.139. The van der Waals surface area contributed by atoms with Crippen LogP contribution in [0, 0.1) is 6.92 Å². The Morgan fingerprint density at radius 3 is 2.51 bits per heavy atom. The second-order valence-corrected chi connectivity index (χ2v) is 9.95. The lowest BCUT2D eigenvalue weighted by atomic mass is 10.00. The van der Waals surface area contributed by atoms with Crippen molar-refractivity contribution in [3.63, 3.8) is 0 Å². The topological polar surface area (TPSA) is 70.1 Å². The van der Waals surface area contributed by atoms with Crippen molar-refractivity contribution in [1.82, 2.24) is 9.80 Å². The molecule has 4 rings (SSSR count). The predicted octanol–water partition coefficient (Wildman–Crippen LogP) is 5.01. The highest BCUT2D eigenvalue weighted by molar-refractivity contribution is 7.10. The first-order valence-electron chi connectivity index (χ1n) is 11.6. The fourth-order valence-corrected chi connectivity index (χ4v) is 5.09. The van der Waals surface area contributed by atoms with Gasteiger partial charge < -0.3 is 19.6 Å². The number of aliphatic hydroxyl groups excluding tert-OH is 1. The summed E-state index contributed by atoms with van der Waals surface area (Å²) in [6.45, 7) is 3.71. The normalized spacial score (nSPS) is 17.4. The summed E-state index contributed by atoms with van der Waals surface area (Å²) in [6.07, 6.45) is 0.731. The molecular formula is C28H30N2O4S. The summed E-state index contributed by atoms with van der Waals surface area (Å²) >= 11 is 1.47. The van der Waals surface area contributed by atoms with Crippen LogP contribution in [0.3, 0.4) is 0 Å². The van der Waals surface area contributed by atoms with Crippen molar-refractivity contribution in [1.29, 1.82) is 0 Å². The molecule has 1 aliphatic heterocycles. The van der Waals surface area contributed by atoms with Crippen LogP contribution in [0.25, 0.3) is 5.76 Å². The van der Waals surface area contributed by atoms with Gasteiger partial charge in [-0.3, -0.25) is 9.59 Å². The molecule has 0 saturated carbocycles. The molecule has 35 heavy (non-hydrogen) atoms. The molecule has 2 aromatic carbocycles. The van der Waals surface area contributed by atoms with E-state index in [-0.39, 0.29) is 11.3 Å². The summed E-state index contributed by atoms with van der Waals surface area (Å²) in [5.41, 5.74) is 2.85. The molecule has 1 aliphatic rings. The molecule has 1 saturated heterocycles. The summed E-state index contributed by atoms with van der Waals surface area (Å²) in [7, 11) is 3.94. The molecule has 182 valence electrons. The Labute approximate surface area is 210 Å². The van der Waals surface area contributed by atoms with Gasteiger partial charge in [-0.25, -0.2) is 0 Å². The minimum atomic E-state index is -0.648. The number of Topliss-reactive ketones (excluding diaryl/α,β-unsaturated/α-hetero) is 1. The molecule has 7 heteroatoms. The zero-order valence-electron chi connectivity index (χ0n) is 20.2. The van der Waals surface area contributed by atoms with E-state index >= 15 is 0 Å². The van der Waals surface area contributed by atoms with Crippen LogP contribution in [0.4, 0.5) is 0 Å². The number of amides is 1. The first kappa shape index (κ1) is 24.7.